The van der Waals surface area contributed by atoms with Gasteiger partial charge in [0, 0.05) is 14.1 Å². The van der Waals surface area contributed by atoms with Crippen LogP contribution in [0, 0.1) is 0 Å². The van der Waals surface area contributed by atoms with Crippen LogP contribution in [0.25, 0.3) is 0 Å². The third-order valence-electron chi connectivity index (χ3n) is 6.60. The zero-order valence-corrected chi connectivity index (χ0v) is 23.7. The number of carboxylic acid groups (broad SMARTS) is 1. The van der Waals surface area contributed by atoms with Gasteiger partial charge in [-0.2, -0.15) is 0 Å². The van der Waals surface area contributed by atoms with Gasteiger partial charge in [-0.3, -0.25) is 19.5 Å². The molecule has 0 bridgehead atoms. The van der Waals surface area contributed by atoms with Crippen molar-refractivity contribution in [3.8, 4) is 11.5 Å². The summed E-state index contributed by atoms with van der Waals surface area (Å²) in [6, 6.07) is 14.1. The number of methoxy groups -OCH3 is 2. The predicted molar refractivity (Wildman–Crippen MR) is 146 cm³/mol. The molecule has 13 heteroatoms. The summed E-state index contributed by atoms with van der Waals surface area (Å²) in [5, 5.41) is 10.8. The highest BCUT2D eigenvalue weighted by atomic mass is 32.2. The Morgan fingerprint density at radius 1 is 0.900 bits per heavy atom. The molecule has 2 aromatic carbocycles. The van der Waals surface area contributed by atoms with Crippen LogP contribution < -0.4 is 9.47 Å². The summed E-state index contributed by atoms with van der Waals surface area (Å²) >= 11 is 1.12. The number of amides is 2. The largest absolute Gasteiger partial charge is 0.497 e. The molecule has 40 heavy (non-hydrogen) atoms. The lowest BCUT2D eigenvalue weighted by atomic mass is 9.96. The van der Waals surface area contributed by atoms with Crippen LogP contribution >= 0.6 is 11.8 Å². The fourth-order valence-electron chi connectivity index (χ4n) is 4.24. The van der Waals surface area contributed by atoms with Crippen LogP contribution in [0.5, 0.6) is 11.5 Å². The quantitative estimate of drug-likeness (QED) is 0.422. The van der Waals surface area contributed by atoms with E-state index in [0.29, 0.717) is 11.5 Å². The zero-order valence-electron chi connectivity index (χ0n) is 22.9. The van der Waals surface area contributed by atoms with Crippen molar-refractivity contribution in [3.05, 3.63) is 59.7 Å². The van der Waals surface area contributed by atoms with Gasteiger partial charge in [0.2, 0.25) is 0 Å². The topological polar surface area (TPSA) is 129 Å². The van der Waals surface area contributed by atoms with Gasteiger partial charge in [0.1, 0.15) is 35.2 Å². The number of likely N-dealkylation sites (N-methyl/N-ethyl adjacent to an activating group) is 1. The molecule has 2 heterocycles. The molecule has 0 saturated carbocycles. The van der Waals surface area contributed by atoms with Gasteiger partial charge in [-0.15, -0.1) is 0 Å². The second-order valence-electron chi connectivity index (χ2n) is 9.05. The molecule has 0 unspecified atom stereocenters. The van der Waals surface area contributed by atoms with E-state index < -0.39 is 41.8 Å². The van der Waals surface area contributed by atoms with E-state index in [-0.39, 0.29) is 18.4 Å². The van der Waals surface area contributed by atoms with Crippen molar-refractivity contribution in [2.45, 2.75) is 43.0 Å². The Morgan fingerprint density at radius 2 is 1.43 bits per heavy atom. The third-order valence-corrected chi connectivity index (χ3v) is 7.82. The Labute approximate surface area is 236 Å². The van der Waals surface area contributed by atoms with Crippen LogP contribution in [-0.4, -0.2) is 97.5 Å². The van der Waals surface area contributed by atoms with Crippen LogP contribution in [0.1, 0.15) is 11.1 Å². The van der Waals surface area contributed by atoms with E-state index in [2.05, 4.69) is 4.99 Å². The first kappa shape index (κ1) is 29.6. The lowest BCUT2D eigenvalue weighted by Gasteiger charge is -2.42. The van der Waals surface area contributed by atoms with E-state index in [1.165, 1.54) is 21.2 Å². The van der Waals surface area contributed by atoms with Gasteiger partial charge in [0.05, 0.1) is 34.5 Å². The average molecular weight is 576 g/mol. The number of thioether (sulfide) groups is 1. The smallest absolute Gasteiger partial charge is 0.413 e. The van der Waals surface area contributed by atoms with Crippen molar-refractivity contribution in [1.29, 1.82) is 0 Å². The highest BCUT2D eigenvalue weighted by molar-refractivity contribution is 8.14. The van der Waals surface area contributed by atoms with Crippen LogP contribution in [-0.2, 0) is 37.1 Å². The highest BCUT2D eigenvalue weighted by Crippen LogP contribution is 2.40. The molecule has 216 valence electrons. The fourth-order valence-corrected chi connectivity index (χ4v) is 5.39. The molecule has 0 spiro atoms. The summed E-state index contributed by atoms with van der Waals surface area (Å²) in [6.45, 7) is 0.336. The van der Waals surface area contributed by atoms with Crippen LogP contribution in [0.2, 0.25) is 0 Å². The van der Waals surface area contributed by atoms with E-state index in [9.17, 15) is 14.7 Å². The summed E-state index contributed by atoms with van der Waals surface area (Å²) in [7, 11) is 7.44. The van der Waals surface area contributed by atoms with Crippen molar-refractivity contribution in [2.24, 2.45) is 4.99 Å². The predicted octanol–water partition coefficient (Wildman–Crippen LogP) is 3.00. The number of hydrogen-bond donors (Lipinski definition) is 1. The maximum atomic E-state index is 13.4. The first-order chi connectivity index (χ1) is 19.2. The maximum absolute atomic E-state index is 13.4. The van der Waals surface area contributed by atoms with Crippen molar-refractivity contribution in [1.82, 2.24) is 9.96 Å². The van der Waals surface area contributed by atoms with E-state index in [1.54, 1.807) is 14.2 Å². The molecule has 2 amide bonds. The van der Waals surface area contributed by atoms with Gasteiger partial charge in [-0.25, -0.2) is 9.86 Å². The van der Waals surface area contributed by atoms with Gasteiger partial charge >= 0.3 is 6.09 Å². The molecule has 1 fully saturated rings. The standard InChI is InChI=1S/C27H33N3O9S/c1-29(27(32)33)26-28-20-21(37-14-16-6-10-18(34-3)11-7-16)22(38-15-17-8-12-19(35-4)13-9-17)23(39-25(20)40-26)24(31)30(2)36-5/h6-13,20-23,25H,14-15H2,1-5H3,(H,32,33)/t20-,21-,22+,23+,25-/m1/s1. The minimum Gasteiger partial charge on any atom is -0.497 e. The Morgan fingerprint density at radius 3 is 1.90 bits per heavy atom. The molecule has 2 aliphatic rings. The van der Waals surface area contributed by atoms with E-state index >= 15 is 0 Å². The molecule has 2 aliphatic heterocycles. The van der Waals surface area contributed by atoms with Gasteiger partial charge < -0.3 is 28.8 Å². The highest BCUT2D eigenvalue weighted by Gasteiger charge is 2.54. The Balaban J connectivity index is 1.65. The summed E-state index contributed by atoms with van der Waals surface area (Å²) < 4.78 is 29.4. The van der Waals surface area contributed by atoms with Crippen LogP contribution in [0.15, 0.2) is 53.5 Å². The van der Waals surface area contributed by atoms with Crippen molar-refractivity contribution >= 4 is 28.9 Å². The lowest BCUT2D eigenvalue weighted by molar-refractivity contribution is -0.222. The SMILES string of the molecule is COc1ccc(CO[C@@H]2[C@H]3N=C(N(C)C(=O)O)S[C@H]3O[C@H](C(=O)N(C)OC)[C@H]2OCc2ccc(OC)cc2)cc1. The minimum atomic E-state index is -1.17. The molecule has 12 nitrogen and oxygen atoms in total. The summed E-state index contributed by atoms with van der Waals surface area (Å²) in [6.07, 6.45) is -3.93. The Hall–Kier alpha value is -3.36. The number of amidine groups is 1. The van der Waals surface area contributed by atoms with E-state index in [4.69, 9.17) is 28.5 Å². The monoisotopic (exact) mass is 575 g/mol. The molecular weight excluding hydrogens is 542 g/mol. The minimum absolute atomic E-state index is 0.150. The number of hydrogen-bond acceptors (Lipinski definition) is 10. The number of benzene rings is 2. The first-order valence-corrected chi connectivity index (χ1v) is 13.3. The number of fused-ring (bicyclic) bond motifs is 1. The molecule has 4 rings (SSSR count). The molecule has 0 aliphatic carbocycles. The molecule has 0 radical (unpaired) electrons. The normalized spacial score (nSPS) is 23.6. The Bertz CT molecular complexity index is 1190. The lowest BCUT2D eigenvalue weighted by Crippen LogP contribution is -2.61. The number of aliphatic imine (C=N–C) groups is 1. The van der Waals surface area contributed by atoms with Gasteiger partial charge in [0.15, 0.2) is 11.3 Å². The number of carbonyl (C=O) groups is 2. The van der Waals surface area contributed by atoms with E-state index in [0.717, 1.165) is 32.9 Å². The number of nitrogens with zero attached hydrogens (tertiary/aromatic N) is 3. The van der Waals surface area contributed by atoms with Gasteiger partial charge in [-0.05, 0) is 35.4 Å². The van der Waals surface area contributed by atoms with Crippen molar-refractivity contribution < 1.29 is 43.2 Å². The number of ether oxygens (including phenoxy) is 5. The van der Waals surface area contributed by atoms with Gasteiger partial charge in [-0.1, -0.05) is 36.0 Å². The molecule has 5 atom stereocenters. The van der Waals surface area contributed by atoms with Crippen molar-refractivity contribution in [2.75, 3.05) is 35.4 Å². The summed E-state index contributed by atoms with van der Waals surface area (Å²) in [5.74, 6) is 0.941. The Kier molecular flexibility index (Phi) is 9.87. The molecule has 0 aromatic heterocycles. The first-order valence-electron chi connectivity index (χ1n) is 12.4. The fraction of sp³-hybridized carbons (Fsp3) is 0.444. The van der Waals surface area contributed by atoms with Crippen molar-refractivity contribution in [3.63, 3.8) is 0 Å². The van der Waals surface area contributed by atoms with E-state index in [1.807, 2.05) is 48.5 Å². The van der Waals surface area contributed by atoms with Gasteiger partial charge in [0.25, 0.3) is 5.91 Å². The molecule has 2 aromatic rings. The molecule has 1 N–H and O–H groups in total. The molecular formula is C27H33N3O9S. The second-order valence-corrected chi connectivity index (χ2v) is 10.1. The summed E-state index contributed by atoms with van der Waals surface area (Å²) in [5.41, 5.74) is 1.03. The zero-order chi connectivity index (χ0) is 28.8. The number of carbonyl (C=O) groups excluding carboxylic acids is 1. The van der Waals surface area contributed by atoms with Crippen LogP contribution in [0.3, 0.4) is 0 Å². The maximum Gasteiger partial charge on any atom is 0.413 e. The second kappa shape index (κ2) is 13.3. The number of hydroxylamine groups is 2. The average Bonchev–Trinajstić information content (AvgIpc) is 3.41. The van der Waals surface area contributed by atoms with Crippen LogP contribution in [0.4, 0.5) is 4.79 Å². The number of rotatable bonds is 10. The molecule has 1 saturated heterocycles. The summed E-state index contributed by atoms with van der Waals surface area (Å²) in [4.78, 5) is 35.8. The third kappa shape index (κ3) is 6.67.